The summed E-state index contributed by atoms with van der Waals surface area (Å²) >= 11 is 4.30. The predicted molar refractivity (Wildman–Crippen MR) is 91.2 cm³/mol. The fraction of sp³-hybridized carbons (Fsp3) is 0.357. The topological polar surface area (TPSA) is 79.8 Å². The second-order valence-electron chi connectivity index (χ2n) is 4.84. The molecule has 9 heteroatoms. The molecule has 0 fully saturated rings. The summed E-state index contributed by atoms with van der Waals surface area (Å²) in [5.41, 5.74) is -0.195. The minimum atomic E-state index is -0.538. The van der Waals surface area contributed by atoms with E-state index >= 15 is 0 Å². The number of carbonyl (C=O) groups is 1. The number of carbonyl (C=O) groups excluding carboxylic acids is 1. The predicted octanol–water partition coefficient (Wildman–Crippen LogP) is 3.00. The van der Waals surface area contributed by atoms with Crippen molar-refractivity contribution in [1.29, 1.82) is 0 Å². The van der Waals surface area contributed by atoms with Crippen LogP contribution in [0.2, 0.25) is 0 Å². The molecule has 0 aliphatic rings. The maximum Gasteiger partial charge on any atom is 0.343 e. The molecule has 0 aliphatic heterocycles. The Morgan fingerprint density at radius 2 is 2.30 bits per heavy atom. The van der Waals surface area contributed by atoms with Gasteiger partial charge in [-0.3, -0.25) is 9.36 Å². The first-order valence-corrected chi connectivity index (χ1v) is 8.67. The second kappa shape index (κ2) is 7.78. The van der Waals surface area contributed by atoms with Crippen molar-refractivity contribution in [3.8, 4) is 0 Å². The van der Waals surface area contributed by atoms with Gasteiger partial charge in [-0.2, -0.15) is 0 Å². The van der Waals surface area contributed by atoms with E-state index in [4.69, 9.17) is 0 Å². The standard InChI is InChI=1S/C14H16BrFN4O2S/c1-3-6-20-13(22)18-19-14(20)23-8(2)12(21)17-11-5-4-9(15)7-10(11)16/h4-5,7-8H,3,6H2,1-2H3,(H,17,21)(H,18,22)/t8-/m0/s1. The zero-order chi connectivity index (χ0) is 17.0. The Hall–Kier alpha value is -1.61. The zero-order valence-corrected chi connectivity index (χ0v) is 15.0. The van der Waals surface area contributed by atoms with Crippen LogP contribution < -0.4 is 11.0 Å². The third-order valence-corrected chi connectivity index (χ3v) is 4.59. The van der Waals surface area contributed by atoms with Gasteiger partial charge in [0, 0.05) is 11.0 Å². The average Bonchev–Trinajstić information content (AvgIpc) is 2.83. The first-order valence-electron chi connectivity index (χ1n) is 7.00. The second-order valence-corrected chi connectivity index (χ2v) is 7.06. The Morgan fingerprint density at radius 1 is 1.57 bits per heavy atom. The third kappa shape index (κ3) is 4.44. The quantitative estimate of drug-likeness (QED) is 0.727. The number of anilines is 1. The van der Waals surface area contributed by atoms with E-state index in [2.05, 4.69) is 31.4 Å². The summed E-state index contributed by atoms with van der Waals surface area (Å²) in [4.78, 5) is 23.8. The van der Waals surface area contributed by atoms with Crippen molar-refractivity contribution in [1.82, 2.24) is 14.8 Å². The Bertz CT molecular complexity index is 761. The summed E-state index contributed by atoms with van der Waals surface area (Å²) in [7, 11) is 0. The smallest absolute Gasteiger partial charge is 0.323 e. The van der Waals surface area contributed by atoms with E-state index < -0.39 is 11.1 Å². The van der Waals surface area contributed by atoms with Crippen LogP contribution >= 0.6 is 27.7 Å². The first kappa shape index (κ1) is 17.7. The molecule has 1 aromatic carbocycles. The SMILES string of the molecule is CCCn1c(S[C@@H](C)C(=O)Nc2ccc(Br)cc2F)n[nH]c1=O. The van der Waals surface area contributed by atoms with E-state index in [1.807, 2.05) is 6.92 Å². The lowest BCUT2D eigenvalue weighted by atomic mass is 10.3. The van der Waals surface area contributed by atoms with E-state index in [0.29, 0.717) is 16.2 Å². The van der Waals surface area contributed by atoms with Gasteiger partial charge in [0.15, 0.2) is 5.16 Å². The summed E-state index contributed by atoms with van der Waals surface area (Å²) in [6.45, 7) is 4.14. The van der Waals surface area contributed by atoms with Crippen LogP contribution in [0.5, 0.6) is 0 Å². The Balaban J connectivity index is 2.07. The molecule has 1 aromatic heterocycles. The number of hydrogen-bond acceptors (Lipinski definition) is 4. The molecule has 23 heavy (non-hydrogen) atoms. The summed E-state index contributed by atoms with van der Waals surface area (Å²) in [5, 5.41) is 8.73. The van der Waals surface area contributed by atoms with Crippen molar-refractivity contribution in [2.24, 2.45) is 0 Å². The number of H-pyrrole nitrogens is 1. The van der Waals surface area contributed by atoms with Crippen molar-refractivity contribution in [3.63, 3.8) is 0 Å². The van der Waals surface area contributed by atoms with Crippen LogP contribution in [-0.4, -0.2) is 25.9 Å². The first-order chi connectivity index (χ1) is 10.9. The van der Waals surface area contributed by atoms with Gasteiger partial charge in [-0.15, -0.1) is 5.10 Å². The Morgan fingerprint density at radius 3 is 2.96 bits per heavy atom. The Labute approximate surface area is 145 Å². The minimum absolute atomic E-state index is 0.110. The number of nitrogens with zero attached hydrogens (tertiary/aromatic N) is 2. The van der Waals surface area contributed by atoms with Crippen molar-refractivity contribution in [2.75, 3.05) is 5.32 Å². The number of halogens is 2. The van der Waals surface area contributed by atoms with Crippen molar-refractivity contribution >= 4 is 39.3 Å². The molecule has 1 amide bonds. The number of nitrogens with one attached hydrogen (secondary N) is 2. The highest BCUT2D eigenvalue weighted by Gasteiger charge is 2.20. The van der Waals surface area contributed by atoms with Crippen LogP contribution in [0.15, 0.2) is 32.6 Å². The van der Waals surface area contributed by atoms with Crippen molar-refractivity contribution in [3.05, 3.63) is 39.0 Å². The van der Waals surface area contributed by atoms with Gasteiger partial charge in [0.2, 0.25) is 5.91 Å². The summed E-state index contributed by atoms with van der Waals surface area (Å²) in [6, 6.07) is 4.40. The molecule has 2 aromatic rings. The van der Waals surface area contributed by atoms with E-state index in [1.54, 1.807) is 13.0 Å². The molecule has 0 aliphatic carbocycles. The van der Waals surface area contributed by atoms with Gasteiger partial charge in [-0.1, -0.05) is 34.6 Å². The summed E-state index contributed by atoms with van der Waals surface area (Å²) in [6.07, 6.45) is 0.775. The number of aromatic nitrogens is 3. The van der Waals surface area contributed by atoms with Crippen molar-refractivity contribution < 1.29 is 9.18 Å². The average molecular weight is 403 g/mol. The van der Waals surface area contributed by atoms with Gasteiger partial charge in [-0.25, -0.2) is 14.3 Å². The molecule has 0 unspecified atom stereocenters. The third-order valence-electron chi connectivity index (χ3n) is 3.01. The van der Waals surface area contributed by atoms with Crippen LogP contribution in [0.25, 0.3) is 0 Å². The molecule has 0 spiro atoms. The van der Waals surface area contributed by atoms with Gasteiger partial charge < -0.3 is 5.32 Å². The highest BCUT2D eigenvalue weighted by atomic mass is 79.9. The van der Waals surface area contributed by atoms with E-state index in [-0.39, 0.29) is 17.3 Å². The van der Waals surface area contributed by atoms with Crippen LogP contribution in [0.3, 0.4) is 0 Å². The number of amides is 1. The van der Waals surface area contributed by atoms with Gasteiger partial charge in [0.1, 0.15) is 5.82 Å². The van der Waals surface area contributed by atoms with Crippen LogP contribution in [-0.2, 0) is 11.3 Å². The fourth-order valence-corrected chi connectivity index (χ4v) is 3.07. The molecule has 0 saturated heterocycles. The number of aromatic amines is 1. The van der Waals surface area contributed by atoms with E-state index in [0.717, 1.165) is 18.2 Å². The molecule has 124 valence electrons. The molecule has 0 radical (unpaired) electrons. The monoisotopic (exact) mass is 402 g/mol. The van der Waals surface area contributed by atoms with Gasteiger partial charge >= 0.3 is 5.69 Å². The molecule has 2 N–H and O–H groups in total. The van der Waals surface area contributed by atoms with Crippen molar-refractivity contribution in [2.45, 2.75) is 37.2 Å². The largest absolute Gasteiger partial charge is 0.343 e. The summed E-state index contributed by atoms with van der Waals surface area (Å²) in [5.74, 6) is -0.887. The molecule has 0 bridgehead atoms. The fourth-order valence-electron chi connectivity index (χ4n) is 1.85. The normalized spacial score (nSPS) is 12.2. The maximum atomic E-state index is 13.8. The van der Waals surface area contributed by atoms with Gasteiger partial charge in [0.05, 0.1) is 10.9 Å². The number of thioether (sulfide) groups is 1. The number of benzene rings is 1. The lowest BCUT2D eigenvalue weighted by Gasteiger charge is -2.12. The van der Waals surface area contributed by atoms with Gasteiger partial charge in [0.25, 0.3) is 0 Å². The van der Waals surface area contributed by atoms with Crippen LogP contribution in [0.1, 0.15) is 20.3 Å². The number of hydrogen-bond donors (Lipinski definition) is 2. The molecular weight excluding hydrogens is 387 g/mol. The van der Waals surface area contributed by atoms with E-state index in [1.165, 1.54) is 16.7 Å². The maximum absolute atomic E-state index is 13.8. The van der Waals surface area contributed by atoms with Gasteiger partial charge in [-0.05, 0) is 31.5 Å². The Kier molecular flexibility index (Phi) is 6.00. The molecule has 1 heterocycles. The minimum Gasteiger partial charge on any atom is -0.323 e. The lowest BCUT2D eigenvalue weighted by Crippen LogP contribution is -2.24. The highest BCUT2D eigenvalue weighted by Crippen LogP contribution is 2.23. The molecule has 2 rings (SSSR count). The van der Waals surface area contributed by atoms with Crippen LogP contribution in [0, 0.1) is 5.82 Å². The molecular formula is C14H16BrFN4O2S. The van der Waals surface area contributed by atoms with Crippen LogP contribution in [0.4, 0.5) is 10.1 Å². The zero-order valence-electron chi connectivity index (χ0n) is 12.6. The molecule has 6 nitrogen and oxygen atoms in total. The number of rotatable bonds is 6. The van der Waals surface area contributed by atoms with E-state index in [9.17, 15) is 14.0 Å². The molecule has 1 atom stereocenters. The summed E-state index contributed by atoms with van der Waals surface area (Å²) < 4.78 is 15.8. The lowest BCUT2D eigenvalue weighted by molar-refractivity contribution is -0.115. The molecule has 0 saturated carbocycles. The highest BCUT2D eigenvalue weighted by molar-refractivity contribution is 9.10.